The van der Waals surface area contributed by atoms with Crippen molar-refractivity contribution >= 4 is 29.6 Å². The highest BCUT2D eigenvalue weighted by atomic mass is 16.5. The van der Waals surface area contributed by atoms with Crippen LogP contribution < -0.4 is 15.0 Å². The van der Waals surface area contributed by atoms with Crippen LogP contribution in [0, 0.1) is 20.8 Å². The van der Waals surface area contributed by atoms with Gasteiger partial charge < -0.3 is 9.30 Å². The minimum atomic E-state index is -0.781. The van der Waals surface area contributed by atoms with Gasteiger partial charge in [-0.2, -0.15) is 0 Å². The summed E-state index contributed by atoms with van der Waals surface area (Å²) >= 11 is 0. The highest BCUT2D eigenvalue weighted by Gasteiger charge is 2.37. The zero-order valence-corrected chi connectivity index (χ0v) is 19.0. The maximum absolute atomic E-state index is 13.2. The van der Waals surface area contributed by atoms with Gasteiger partial charge in [0, 0.05) is 17.1 Å². The van der Waals surface area contributed by atoms with Crippen molar-refractivity contribution in [3.63, 3.8) is 0 Å². The molecule has 0 radical (unpaired) electrons. The van der Waals surface area contributed by atoms with E-state index in [0.29, 0.717) is 18.0 Å². The number of hydrogen-bond acceptors (Lipinski definition) is 4. The molecule has 168 valence electrons. The molecule has 4 rings (SSSR count). The summed E-state index contributed by atoms with van der Waals surface area (Å²) in [6.45, 7) is 8.30. The third-order valence-corrected chi connectivity index (χ3v) is 5.57. The second-order valence-corrected chi connectivity index (χ2v) is 7.88. The molecule has 1 saturated heterocycles. The van der Waals surface area contributed by atoms with Crippen molar-refractivity contribution in [3.8, 4) is 11.4 Å². The van der Waals surface area contributed by atoms with Crippen molar-refractivity contribution in [2.75, 3.05) is 11.5 Å². The molecule has 1 fully saturated rings. The monoisotopic (exact) mass is 443 g/mol. The van der Waals surface area contributed by atoms with E-state index in [1.807, 2.05) is 58.0 Å². The first kappa shape index (κ1) is 22.1. The van der Waals surface area contributed by atoms with E-state index in [-0.39, 0.29) is 5.57 Å². The van der Waals surface area contributed by atoms with E-state index in [2.05, 4.69) is 9.88 Å². The average Bonchev–Trinajstić information content (AvgIpc) is 3.06. The summed E-state index contributed by atoms with van der Waals surface area (Å²) in [7, 11) is 0. The number of ether oxygens (including phenoxy) is 1. The molecule has 0 atom stereocenters. The van der Waals surface area contributed by atoms with Gasteiger partial charge in [0.25, 0.3) is 11.8 Å². The van der Waals surface area contributed by atoms with Crippen molar-refractivity contribution in [1.82, 2.24) is 9.88 Å². The molecule has 7 nitrogen and oxygen atoms in total. The zero-order valence-electron chi connectivity index (χ0n) is 19.0. The topological polar surface area (TPSA) is 80.6 Å². The molecule has 1 aromatic heterocycles. The van der Waals surface area contributed by atoms with Crippen LogP contribution in [0.1, 0.15) is 29.4 Å². The Bertz CT molecular complexity index is 1270. The summed E-state index contributed by atoms with van der Waals surface area (Å²) in [4.78, 5) is 39.2. The van der Waals surface area contributed by atoms with Crippen molar-refractivity contribution in [2.45, 2.75) is 27.7 Å². The van der Waals surface area contributed by atoms with E-state index in [1.165, 1.54) is 0 Å². The number of imide groups is 2. The van der Waals surface area contributed by atoms with Crippen LogP contribution in [0.4, 0.5) is 10.5 Å². The first-order chi connectivity index (χ1) is 15.8. The van der Waals surface area contributed by atoms with E-state index in [9.17, 15) is 14.4 Å². The van der Waals surface area contributed by atoms with Gasteiger partial charge in [0.05, 0.1) is 12.3 Å². The number of aromatic nitrogens is 1. The van der Waals surface area contributed by atoms with Crippen LogP contribution in [0.3, 0.4) is 0 Å². The fraction of sp³-hybridized carbons (Fsp3) is 0.192. The molecule has 2 aromatic carbocycles. The van der Waals surface area contributed by atoms with Crippen molar-refractivity contribution in [3.05, 3.63) is 82.7 Å². The second kappa shape index (κ2) is 8.78. The number of nitrogens with one attached hydrogen (secondary N) is 1. The lowest BCUT2D eigenvalue weighted by molar-refractivity contribution is -0.122. The number of rotatable bonds is 5. The van der Waals surface area contributed by atoms with Gasteiger partial charge >= 0.3 is 6.03 Å². The summed E-state index contributed by atoms with van der Waals surface area (Å²) < 4.78 is 7.48. The Labute approximate surface area is 192 Å². The van der Waals surface area contributed by atoms with Gasteiger partial charge in [0.1, 0.15) is 11.3 Å². The predicted molar refractivity (Wildman–Crippen MR) is 127 cm³/mol. The third kappa shape index (κ3) is 4.17. The minimum Gasteiger partial charge on any atom is -0.494 e. The summed E-state index contributed by atoms with van der Waals surface area (Å²) in [5.41, 5.74) is 4.97. The minimum absolute atomic E-state index is 0.104. The maximum atomic E-state index is 13.2. The molecule has 0 spiro atoms. The number of anilines is 1. The first-order valence-corrected chi connectivity index (χ1v) is 10.7. The molecule has 1 N–H and O–H groups in total. The van der Waals surface area contributed by atoms with E-state index in [0.717, 1.165) is 33.1 Å². The highest BCUT2D eigenvalue weighted by Crippen LogP contribution is 2.27. The lowest BCUT2D eigenvalue weighted by Crippen LogP contribution is -2.54. The number of benzene rings is 2. The van der Waals surface area contributed by atoms with Crippen LogP contribution in [0.15, 0.2) is 60.2 Å². The SMILES string of the molecule is CCOc1ccc(N2C(=O)NC(=O)/C(=C/c3cc(C)n(-c4ccc(C)cc4)c3C)C2=O)cc1. The molecule has 33 heavy (non-hydrogen) atoms. The lowest BCUT2D eigenvalue weighted by Gasteiger charge is -2.26. The van der Waals surface area contributed by atoms with Crippen LogP contribution in [-0.4, -0.2) is 29.0 Å². The molecular formula is C26H25N3O4. The lowest BCUT2D eigenvalue weighted by atomic mass is 10.1. The highest BCUT2D eigenvalue weighted by molar-refractivity contribution is 6.39. The number of nitrogens with zero attached hydrogens (tertiary/aromatic N) is 2. The molecule has 3 aromatic rings. The largest absolute Gasteiger partial charge is 0.494 e. The van der Waals surface area contributed by atoms with Gasteiger partial charge in [-0.3, -0.25) is 14.9 Å². The smallest absolute Gasteiger partial charge is 0.335 e. The Morgan fingerprint density at radius 3 is 2.18 bits per heavy atom. The number of carbonyl (C=O) groups excluding carboxylic acids is 3. The Hall–Kier alpha value is -4.13. The molecule has 7 heteroatoms. The zero-order chi connectivity index (χ0) is 23.7. The fourth-order valence-corrected chi connectivity index (χ4v) is 3.93. The second-order valence-electron chi connectivity index (χ2n) is 7.88. The summed E-state index contributed by atoms with van der Waals surface area (Å²) in [6, 6.07) is 15.8. The third-order valence-electron chi connectivity index (χ3n) is 5.57. The van der Waals surface area contributed by atoms with Gasteiger partial charge in [0.2, 0.25) is 0 Å². The van der Waals surface area contributed by atoms with Crippen LogP contribution in [0.25, 0.3) is 11.8 Å². The van der Waals surface area contributed by atoms with Crippen LogP contribution in [-0.2, 0) is 9.59 Å². The van der Waals surface area contributed by atoms with E-state index in [1.54, 1.807) is 30.3 Å². The molecule has 4 amide bonds. The predicted octanol–water partition coefficient (Wildman–Crippen LogP) is 4.47. The molecule has 0 aliphatic carbocycles. The van der Waals surface area contributed by atoms with Gasteiger partial charge in [-0.15, -0.1) is 0 Å². The Morgan fingerprint density at radius 1 is 0.909 bits per heavy atom. The number of carbonyl (C=O) groups is 3. The summed E-state index contributed by atoms with van der Waals surface area (Å²) in [5, 5.41) is 2.27. The number of aryl methyl sites for hydroxylation is 2. The van der Waals surface area contributed by atoms with Crippen molar-refractivity contribution in [1.29, 1.82) is 0 Å². The van der Waals surface area contributed by atoms with Crippen molar-refractivity contribution in [2.24, 2.45) is 0 Å². The quantitative estimate of drug-likeness (QED) is 0.466. The molecule has 1 aliphatic heterocycles. The van der Waals surface area contributed by atoms with Crippen LogP contribution >= 0.6 is 0 Å². The molecule has 0 bridgehead atoms. The maximum Gasteiger partial charge on any atom is 0.335 e. The fourth-order valence-electron chi connectivity index (χ4n) is 3.93. The first-order valence-electron chi connectivity index (χ1n) is 10.7. The molecule has 0 unspecified atom stereocenters. The van der Waals surface area contributed by atoms with Gasteiger partial charge in [-0.05, 0) is 81.8 Å². The van der Waals surface area contributed by atoms with E-state index in [4.69, 9.17) is 4.74 Å². The van der Waals surface area contributed by atoms with Crippen LogP contribution in [0.5, 0.6) is 5.75 Å². The normalized spacial score (nSPS) is 15.2. The van der Waals surface area contributed by atoms with Gasteiger partial charge in [0.15, 0.2) is 0 Å². The van der Waals surface area contributed by atoms with Gasteiger partial charge in [-0.25, -0.2) is 9.69 Å². The number of amides is 4. The summed E-state index contributed by atoms with van der Waals surface area (Å²) in [6.07, 6.45) is 1.54. The van der Waals surface area contributed by atoms with E-state index < -0.39 is 17.8 Å². The number of hydrogen-bond donors (Lipinski definition) is 1. The number of barbiturate groups is 1. The summed E-state index contributed by atoms with van der Waals surface area (Å²) in [5.74, 6) is -0.762. The molecule has 1 aliphatic rings. The number of urea groups is 1. The standard InChI is InChI=1S/C26H25N3O4/c1-5-33-22-12-10-21(11-13-22)29-25(31)23(24(30)27-26(29)32)15-19-14-17(3)28(18(19)4)20-8-6-16(2)7-9-20/h6-15H,5H2,1-4H3,(H,27,30,32)/b23-15-. The molecule has 0 saturated carbocycles. The van der Waals surface area contributed by atoms with Crippen LogP contribution in [0.2, 0.25) is 0 Å². The Morgan fingerprint density at radius 2 is 1.55 bits per heavy atom. The Balaban J connectivity index is 1.71. The molecular weight excluding hydrogens is 418 g/mol. The Kier molecular flexibility index (Phi) is 5.87. The van der Waals surface area contributed by atoms with E-state index >= 15 is 0 Å². The van der Waals surface area contributed by atoms with Crippen molar-refractivity contribution < 1.29 is 19.1 Å². The molecule has 2 heterocycles. The van der Waals surface area contributed by atoms with Gasteiger partial charge in [-0.1, -0.05) is 17.7 Å². The average molecular weight is 444 g/mol.